The van der Waals surface area contributed by atoms with E-state index in [1.165, 1.54) is 5.69 Å². The van der Waals surface area contributed by atoms with Crippen molar-refractivity contribution in [2.75, 3.05) is 31.6 Å². The van der Waals surface area contributed by atoms with Crippen molar-refractivity contribution >= 4 is 5.82 Å². The summed E-state index contributed by atoms with van der Waals surface area (Å²) < 4.78 is 14.6. The molecule has 1 N–H and O–H groups in total. The summed E-state index contributed by atoms with van der Waals surface area (Å²) in [5, 5.41) is 3.40. The van der Waals surface area contributed by atoms with E-state index < -0.39 is 0 Å². The van der Waals surface area contributed by atoms with Crippen molar-refractivity contribution in [1.29, 1.82) is 0 Å². The standard InChI is InChI=1S/C20H29N5O2/c1-15(2)8-25-14-21-7-17(25)9-24-10-18-19(11-24)27-13-16(12-26-18)23-20-5-3-4-6-22-20/h3-7,14-16,18-19H,8-13H2,1-2H3,(H,22,23)/t18-,19-/m0/s1. The van der Waals surface area contributed by atoms with Gasteiger partial charge in [0.05, 0.1) is 43.5 Å². The number of anilines is 1. The van der Waals surface area contributed by atoms with Crippen molar-refractivity contribution in [1.82, 2.24) is 19.4 Å². The molecule has 2 aromatic rings. The Labute approximate surface area is 160 Å². The van der Waals surface area contributed by atoms with Gasteiger partial charge in [0.1, 0.15) is 5.82 Å². The van der Waals surface area contributed by atoms with Gasteiger partial charge in [-0.25, -0.2) is 9.97 Å². The van der Waals surface area contributed by atoms with Crippen LogP contribution in [0.3, 0.4) is 0 Å². The van der Waals surface area contributed by atoms with Gasteiger partial charge in [-0.05, 0) is 18.1 Å². The molecular formula is C20H29N5O2. The molecule has 4 heterocycles. The Morgan fingerprint density at radius 1 is 1.19 bits per heavy atom. The maximum atomic E-state index is 6.18. The van der Waals surface area contributed by atoms with E-state index >= 15 is 0 Å². The number of rotatable bonds is 6. The van der Waals surface area contributed by atoms with Gasteiger partial charge in [0.2, 0.25) is 0 Å². The van der Waals surface area contributed by atoms with Crippen LogP contribution in [0.25, 0.3) is 0 Å². The Hall–Kier alpha value is -1.96. The van der Waals surface area contributed by atoms with E-state index in [9.17, 15) is 0 Å². The van der Waals surface area contributed by atoms with Crippen LogP contribution in [0.15, 0.2) is 36.9 Å². The Morgan fingerprint density at radius 3 is 2.63 bits per heavy atom. The number of hydrogen-bond donors (Lipinski definition) is 1. The summed E-state index contributed by atoms with van der Waals surface area (Å²) in [6, 6.07) is 5.99. The molecule has 0 aliphatic carbocycles. The molecule has 146 valence electrons. The van der Waals surface area contributed by atoms with Crippen LogP contribution in [0.1, 0.15) is 19.5 Å². The van der Waals surface area contributed by atoms with Gasteiger partial charge < -0.3 is 19.4 Å². The summed E-state index contributed by atoms with van der Waals surface area (Å²) >= 11 is 0. The molecule has 7 nitrogen and oxygen atoms in total. The van der Waals surface area contributed by atoms with Gasteiger partial charge in [0.25, 0.3) is 0 Å². The monoisotopic (exact) mass is 371 g/mol. The molecule has 0 aromatic carbocycles. The van der Waals surface area contributed by atoms with E-state index in [0.29, 0.717) is 19.1 Å². The van der Waals surface area contributed by atoms with E-state index in [4.69, 9.17) is 9.47 Å². The number of pyridine rings is 1. The number of ether oxygens (including phenoxy) is 2. The fourth-order valence-corrected chi connectivity index (χ4v) is 3.80. The van der Waals surface area contributed by atoms with E-state index in [1.54, 1.807) is 6.20 Å². The van der Waals surface area contributed by atoms with Crippen molar-refractivity contribution in [3.63, 3.8) is 0 Å². The number of nitrogens with zero attached hydrogens (tertiary/aromatic N) is 4. The predicted octanol–water partition coefficient (Wildman–Crippen LogP) is 2.01. The van der Waals surface area contributed by atoms with Crippen LogP contribution in [-0.2, 0) is 22.6 Å². The first kappa shape index (κ1) is 18.4. The zero-order valence-electron chi connectivity index (χ0n) is 16.1. The molecule has 0 radical (unpaired) electrons. The first-order chi connectivity index (χ1) is 13.2. The second kappa shape index (κ2) is 8.37. The van der Waals surface area contributed by atoms with Crippen molar-refractivity contribution in [2.24, 2.45) is 5.92 Å². The first-order valence-electron chi connectivity index (χ1n) is 9.79. The minimum absolute atomic E-state index is 0.127. The van der Waals surface area contributed by atoms with Crippen molar-refractivity contribution in [3.05, 3.63) is 42.6 Å². The van der Waals surface area contributed by atoms with Crippen LogP contribution >= 0.6 is 0 Å². The van der Waals surface area contributed by atoms with Gasteiger partial charge in [0.15, 0.2) is 0 Å². The third kappa shape index (κ3) is 4.66. The fraction of sp³-hybridized carbons (Fsp3) is 0.600. The predicted molar refractivity (Wildman–Crippen MR) is 103 cm³/mol. The third-order valence-corrected chi connectivity index (χ3v) is 5.08. The molecule has 2 fully saturated rings. The second-order valence-electron chi connectivity index (χ2n) is 7.93. The number of fused-ring (bicyclic) bond motifs is 1. The van der Waals surface area contributed by atoms with Gasteiger partial charge in [-0.15, -0.1) is 0 Å². The summed E-state index contributed by atoms with van der Waals surface area (Å²) in [5.41, 5.74) is 1.26. The molecule has 0 unspecified atom stereocenters. The average Bonchev–Trinajstić information content (AvgIpc) is 3.20. The summed E-state index contributed by atoms with van der Waals surface area (Å²) in [7, 11) is 0. The fourth-order valence-electron chi connectivity index (χ4n) is 3.80. The highest BCUT2D eigenvalue weighted by Gasteiger charge is 2.37. The highest BCUT2D eigenvalue weighted by molar-refractivity contribution is 5.34. The van der Waals surface area contributed by atoms with Crippen molar-refractivity contribution in [2.45, 2.75) is 45.2 Å². The van der Waals surface area contributed by atoms with Crippen LogP contribution in [0.4, 0.5) is 5.82 Å². The second-order valence-corrected chi connectivity index (χ2v) is 7.93. The van der Waals surface area contributed by atoms with E-state index in [2.05, 4.69) is 38.6 Å². The number of hydrogen-bond acceptors (Lipinski definition) is 6. The number of imidazole rings is 1. The lowest BCUT2D eigenvalue weighted by Gasteiger charge is -2.20. The van der Waals surface area contributed by atoms with Crippen LogP contribution in [0.2, 0.25) is 0 Å². The largest absolute Gasteiger partial charge is 0.372 e. The molecule has 2 atom stereocenters. The Kier molecular flexibility index (Phi) is 5.71. The smallest absolute Gasteiger partial charge is 0.126 e. The topological polar surface area (TPSA) is 64.4 Å². The number of nitrogens with one attached hydrogen (secondary N) is 1. The average molecular weight is 371 g/mol. The minimum atomic E-state index is 0.127. The summed E-state index contributed by atoms with van der Waals surface area (Å²) in [6.45, 7) is 9.42. The van der Waals surface area contributed by atoms with Gasteiger partial charge in [-0.2, -0.15) is 0 Å². The summed E-state index contributed by atoms with van der Waals surface area (Å²) in [6.07, 6.45) is 5.95. The van der Waals surface area contributed by atoms with Crippen LogP contribution in [0, 0.1) is 5.92 Å². The summed E-state index contributed by atoms with van der Waals surface area (Å²) in [4.78, 5) is 11.1. The molecule has 7 heteroatoms. The van der Waals surface area contributed by atoms with E-state index in [-0.39, 0.29) is 18.2 Å². The highest BCUT2D eigenvalue weighted by Crippen LogP contribution is 2.23. The van der Waals surface area contributed by atoms with Gasteiger partial charge in [0, 0.05) is 38.6 Å². The maximum absolute atomic E-state index is 6.18. The van der Waals surface area contributed by atoms with E-state index in [0.717, 1.165) is 32.0 Å². The minimum Gasteiger partial charge on any atom is -0.372 e. The molecule has 2 aliphatic rings. The molecule has 0 saturated carbocycles. The molecule has 2 aliphatic heterocycles. The van der Waals surface area contributed by atoms with Crippen LogP contribution in [-0.4, -0.2) is 64.0 Å². The SMILES string of the molecule is CC(C)Cn1cncc1CN1C[C@@H]2OCC(Nc3ccccn3)CO[C@H]2C1. The highest BCUT2D eigenvalue weighted by atomic mass is 16.6. The molecule has 4 rings (SSSR count). The summed E-state index contributed by atoms with van der Waals surface area (Å²) in [5.74, 6) is 1.47. The van der Waals surface area contributed by atoms with Gasteiger partial charge in [-0.1, -0.05) is 19.9 Å². The Balaban J connectivity index is 1.30. The molecule has 2 aromatic heterocycles. The van der Waals surface area contributed by atoms with Crippen LogP contribution < -0.4 is 5.32 Å². The normalized spacial score (nSPS) is 24.1. The molecule has 0 amide bonds. The molecule has 0 bridgehead atoms. The molecular weight excluding hydrogens is 342 g/mol. The quantitative estimate of drug-likeness (QED) is 0.838. The zero-order valence-corrected chi connectivity index (χ0v) is 16.1. The van der Waals surface area contributed by atoms with Crippen molar-refractivity contribution < 1.29 is 9.47 Å². The number of aromatic nitrogens is 3. The Bertz CT molecular complexity index is 704. The lowest BCUT2D eigenvalue weighted by Crippen LogP contribution is -2.31. The maximum Gasteiger partial charge on any atom is 0.126 e. The number of likely N-dealkylation sites (tertiary alicyclic amines) is 1. The van der Waals surface area contributed by atoms with E-state index in [1.807, 2.05) is 30.7 Å². The van der Waals surface area contributed by atoms with Gasteiger partial charge >= 0.3 is 0 Å². The zero-order chi connectivity index (χ0) is 18.6. The van der Waals surface area contributed by atoms with Crippen LogP contribution in [0.5, 0.6) is 0 Å². The lowest BCUT2D eigenvalue weighted by molar-refractivity contribution is -0.00461. The van der Waals surface area contributed by atoms with Gasteiger partial charge in [-0.3, -0.25) is 4.90 Å². The third-order valence-electron chi connectivity index (χ3n) is 5.08. The lowest BCUT2D eigenvalue weighted by atomic mass is 10.2. The Morgan fingerprint density at radius 2 is 1.96 bits per heavy atom. The first-order valence-corrected chi connectivity index (χ1v) is 9.79. The van der Waals surface area contributed by atoms with Crippen molar-refractivity contribution in [3.8, 4) is 0 Å². The molecule has 2 saturated heterocycles. The molecule has 27 heavy (non-hydrogen) atoms. The molecule has 0 spiro atoms.